The lowest BCUT2D eigenvalue weighted by atomic mass is 9.98. The molecule has 0 spiro atoms. The minimum atomic E-state index is 0.327. The van der Waals surface area contributed by atoms with Gasteiger partial charge < -0.3 is 4.74 Å². The SMILES string of the molecule is BrCc1cccc(-c2ccc(C3CCO3)cc2)c1. The van der Waals surface area contributed by atoms with Crippen molar-refractivity contribution in [2.24, 2.45) is 0 Å². The number of hydrogen-bond donors (Lipinski definition) is 0. The number of hydrogen-bond acceptors (Lipinski definition) is 1. The Morgan fingerprint density at radius 3 is 2.44 bits per heavy atom. The zero-order valence-corrected chi connectivity index (χ0v) is 11.7. The standard InChI is InChI=1S/C16H15BrO/c17-11-12-2-1-3-15(10-12)13-4-6-14(7-5-13)16-8-9-18-16/h1-7,10,16H,8-9,11H2. The molecule has 0 radical (unpaired) electrons. The van der Waals surface area contributed by atoms with Gasteiger partial charge in [-0.3, -0.25) is 0 Å². The summed E-state index contributed by atoms with van der Waals surface area (Å²) in [6.45, 7) is 0.902. The Hall–Kier alpha value is -1.12. The van der Waals surface area contributed by atoms with Gasteiger partial charge in [0.2, 0.25) is 0 Å². The van der Waals surface area contributed by atoms with E-state index in [1.54, 1.807) is 0 Å². The maximum Gasteiger partial charge on any atom is 0.0846 e. The van der Waals surface area contributed by atoms with Crippen molar-refractivity contribution in [1.29, 1.82) is 0 Å². The summed E-state index contributed by atoms with van der Waals surface area (Å²) in [4.78, 5) is 0. The summed E-state index contributed by atoms with van der Waals surface area (Å²) in [7, 11) is 0. The second-order valence-electron chi connectivity index (χ2n) is 4.60. The first kappa shape index (κ1) is 11.9. The van der Waals surface area contributed by atoms with Crippen LogP contribution in [-0.2, 0) is 10.1 Å². The van der Waals surface area contributed by atoms with Gasteiger partial charge in [-0.05, 0) is 22.3 Å². The second-order valence-corrected chi connectivity index (χ2v) is 5.16. The van der Waals surface area contributed by atoms with E-state index in [0.717, 1.165) is 18.4 Å². The highest BCUT2D eigenvalue weighted by atomic mass is 79.9. The average Bonchev–Trinajstić information content (AvgIpc) is 2.38. The fraction of sp³-hybridized carbons (Fsp3) is 0.250. The van der Waals surface area contributed by atoms with E-state index in [2.05, 4.69) is 64.5 Å². The number of ether oxygens (including phenoxy) is 1. The van der Waals surface area contributed by atoms with Crippen LogP contribution in [0.25, 0.3) is 11.1 Å². The summed E-state index contributed by atoms with van der Waals surface area (Å²) in [5, 5.41) is 0.898. The van der Waals surface area contributed by atoms with Crippen molar-refractivity contribution in [1.82, 2.24) is 0 Å². The van der Waals surface area contributed by atoms with Gasteiger partial charge in [-0.15, -0.1) is 0 Å². The number of halogens is 1. The summed E-state index contributed by atoms with van der Waals surface area (Å²) < 4.78 is 5.49. The maximum absolute atomic E-state index is 5.49. The number of rotatable bonds is 3. The first-order valence-corrected chi connectivity index (χ1v) is 7.36. The van der Waals surface area contributed by atoms with E-state index >= 15 is 0 Å². The van der Waals surface area contributed by atoms with Crippen LogP contribution in [-0.4, -0.2) is 6.61 Å². The summed E-state index contributed by atoms with van der Waals surface area (Å²) in [6, 6.07) is 17.4. The minimum absolute atomic E-state index is 0.327. The summed E-state index contributed by atoms with van der Waals surface area (Å²) in [5.74, 6) is 0. The van der Waals surface area contributed by atoms with E-state index in [9.17, 15) is 0 Å². The van der Waals surface area contributed by atoms with Gasteiger partial charge in [0.15, 0.2) is 0 Å². The molecule has 0 N–H and O–H groups in total. The molecular weight excluding hydrogens is 288 g/mol. The molecule has 1 heterocycles. The Labute approximate surface area is 116 Å². The highest BCUT2D eigenvalue weighted by Gasteiger charge is 2.19. The zero-order valence-electron chi connectivity index (χ0n) is 10.1. The molecule has 1 aliphatic rings. The van der Waals surface area contributed by atoms with Gasteiger partial charge in [-0.1, -0.05) is 64.5 Å². The van der Waals surface area contributed by atoms with Crippen LogP contribution in [0.4, 0.5) is 0 Å². The lowest BCUT2D eigenvalue weighted by Gasteiger charge is -2.26. The topological polar surface area (TPSA) is 9.23 Å². The van der Waals surface area contributed by atoms with Crippen LogP contribution in [0.5, 0.6) is 0 Å². The van der Waals surface area contributed by atoms with Gasteiger partial charge >= 0.3 is 0 Å². The van der Waals surface area contributed by atoms with E-state index in [-0.39, 0.29) is 0 Å². The van der Waals surface area contributed by atoms with Crippen molar-refractivity contribution in [3.63, 3.8) is 0 Å². The molecule has 2 heteroatoms. The largest absolute Gasteiger partial charge is 0.373 e. The summed E-state index contributed by atoms with van der Waals surface area (Å²) in [6.07, 6.45) is 1.48. The van der Waals surface area contributed by atoms with Crippen LogP contribution in [0.15, 0.2) is 48.5 Å². The summed E-state index contributed by atoms with van der Waals surface area (Å²) in [5.41, 5.74) is 5.13. The van der Waals surface area contributed by atoms with Crippen molar-refractivity contribution in [3.05, 3.63) is 59.7 Å². The third-order valence-electron chi connectivity index (χ3n) is 3.40. The monoisotopic (exact) mass is 302 g/mol. The fourth-order valence-electron chi connectivity index (χ4n) is 2.22. The van der Waals surface area contributed by atoms with E-state index in [0.29, 0.717) is 6.10 Å². The van der Waals surface area contributed by atoms with E-state index in [1.165, 1.54) is 22.3 Å². The highest BCUT2D eigenvalue weighted by molar-refractivity contribution is 9.08. The van der Waals surface area contributed by atoms with Crippen molar-refractivity contribution in [3.8, 4) is 11.1 Å². The Morgan fingerprint density at radius 1 is 1.06 bits per heavy atom. The molecule has 1 aliphatic heterocycles. The normalized spacial score (nSPS) is 18.4. The van der Waals surface area contributed by atoms with Crippen LogP contribution in [0.3, 0.4) is 0 Å². The molecule has 0 amide bonds. The molecule has 1 nitrogen and oxygen atoms in total. The second kappa shape index (κ2) is 5.25. The Kier molecular flexibility index (Phi) is 3.48. The maximum atomic E-state index is 5.49. The molecule has 1 atom stereocenters. The van der Waals surface area contributed by atoms with Crippen LogP contribution in [0.1, 0.15) is 23.7 Å². The van der Waals surface area contributed by atoms with E-state index < -0.39 is 0 Å². The van der Waals surface area contributed by atoms with Crippen LogP contribution < -0.4 is 0 Å². The average molecular weight is 303 g/mol. The van der Waals surface area contributed by atoms with Gasteiger partial charge in [0.25, 0.3) is 0 Å². The highest BCUT2D eigenvalue weighted by Crippen LogP contribution is 2.31. The van der Waals surface area contributed by atoms with Crippen molar-refractivity contribution in [2.45, 2.75) is 17.9 Å². The third kappa shape index (κ3) is 2.36. The summed E-state index contributed by atoms with van der Waals surface area (Å²) >= 11 is 3.50. The van der Waals surface area contributed by atoms with Gasteiger partial charge in [-0.25, -0.2) is 0 Å². The Bertz CT molecular complexity index is 529. The van der Waals surface area contributed by atoms with Gasteiger partial charge in [0.1, 0.15) is 0 Å². The first-order valence-electron chi connectivity index (χ1n) is 6.23. The molecule has 1 fully saturated rings. The molecule has 0 bridgehead atoms. The molecule has 18 heavy (non-hydrogen) atoms. The molecule has 92 valence electrons. The third-order valence-corrected chi connectivity index (χ3v) is 4.04. The smallest absolute Gasteiger partial charge is 0.0846 e. The Morgan fingerprint density at radius 2 is 1.83 bits per heavy atom. The number of benzene rings is 2. The fourth-order valence-corrected chi connectivity index (χ4v) is 2.57. The minimum Gasteiger partial charge on any atom is -0.373 e. The first-order chi connectivity index (χ1) is 8.86. The van der Waals surface area contributed by atoms with Crippen LogP contribution >= 0.6 is 15.9 Å². The van der Waals surface area contributed by atoms with E-state index in [1.807, 2.05) is 0 Å². The Balaban J connectivity index is 1.86. The molecule has 2 aromatic carbocycles. The lowest BCUT2D eigenvalue weighted by Crippen LogP contribution is -2.17. The van der Waals surface area contributed by atoms with Crippen molar-refractivity contribution >= 4 is 15.9 Å². The van der Waals surface area contributed by atoms with Crippen LogP contribution in [0.2, 0.25) is 0 Å². The van der Waals surface area contributed by atoms with Crippen molar-refractivity contribution in [2.75, 3.05) is 6.61 Å². The van der Waals surface area contributed by atoms with E-state index in [4.69, 9.17) is 4.74 Å². The molecular formula is C16H15BrO. The van der Waals surface area contributed by atoms with Crippen molar-refractivity contribution < 1.29 is 4.74 Å². The molecule has 0 saturated carbocycles. The lowest BCUT2D eigenvalue weighted by molar-refractivity contribution is -0.0527. The molecule has 3 rings (SSSR count). The van der Waals surface area contributed by atoms with Gasteiger partial charge in [0.05, 0.1) is 12.7 Å². The molecule has 0 aliphatic carbocycles. The molecule has 2 aromatic rings. The molecule has 0 aromatic heterocycles. The molecule has 1 saturated heterocycles. The van der Waals surface area contributed by atoms with Gasteiger partial charge in [-0.2, -0.15) is 0 Å². The van der Waals surface area contributed by atoms with Crippen LogP contribution in [0, 0.1) is 0 Å². The quantitative estimate of drug-likeness (QED) is 0.746. The van der Waals surface area contributed by atoms with Gasteiger partial charge in [0, 0.05) is 11.8 Å². The molecule has 1 unspecified atom stereocenters. The number of alkyl halides is 1. The predicted molar refractivity (Wildman–Crippen MR) is 77.8 cm³/mol. The predicted octanol–water partition coefficient (Wildman–Crippen LogP) is 4.71. The zero-order chi connectivity index (χ0) is 12.4.